The summed E-state index contributed by atoms with van der Waals surface area (Å²) in [5.74, 6) is -0.0113. The minimum Gasteiger partial charge on any atom is -0.366 e. The molecule has 1 atom stereocenters. The number of fused-ring (bicyclic) bond motifs is 1. The average Bonchev–Trinajstić information content (AvgIpc) is 3.27. The van der Waals surface area contributed by atoms with E-state index in [1.807, 2.05) is 30.5 Å². The summed E-state index contributed by atoms with van der Waals surface area (Å²) in [5.41, 5.74) is 11.4. The van der Waals surface area contributed by atoms with Crippen LogP contribution in [0.4, 0.5) is 0 Å². The van der Waals surface area contributed by atoms with Gasteiger partial charge >= 0.3 is 0 Å². The van der Waals surface area contributed by atoms with Gasteiger partial charge in [-0.2, -0.15) is 0 Å². The second kappa shape index (κ2) is 8.36. The second-order valence-corrected chi connectivity index (χ2v) is 8.37. The third kappa shape index (κ3) is 4.23. The maximum absolute atomic E-state index is 11.5. The number of hydrogen-bond acceptors (Lipinski definition) is 3. The van der Waals surface area contributed by atoms with Gasteiger partial charge in [-0.05, 0) is 72.8 Å². The molecule has 1 aliphatic heterocycles. The number of likely N-dealkylation sites (tertiary alicyclic amines) is 1. The molecule has 0 unspecified atom stereocenters. The van der Waals surface area contributed by atoms with Crippen LogP contribution in [0.3, 0.4) is 0 Å². The van der Waals surface area contributed by atoms with Gasteiger partial charge in [-0.3, -0.25) is 14.7 Å². The van der Waals surface area contributed by atoms with Crippen molar-refractivity contribution in [1.82, 2.24) is 14.9 Å². The van der Waals surface area contributed by atoms with Crippen LogP contribution in [0, 0.1) is 0 Å². The first-order valence-corrected chi connectivity index (χ1v) is 10.8. The first-order valence-electron chi connectivity index (χ1n) is 10.8. The molecule has 0 radical (unpaired) electrons. The van der Waals surface area contributed by atoms with E-state index in [1.54, 1.807) is 6.07 Å². The fourth-order valence-electron chi connectivity index (χ4n) is 4.57. The highest BCUT2D eigenvalue weighted by Crippen LogP contribution is 2.29. The number of benzene rings is 2. The normalized spacial score (nSPS) is 17.1. The van der Waals surface area contributed by atoms with Crippen LogP contribution in [-0.2, 0) is 6.54 Å². The monoisotopic (exact) mass is 410 g/mol. The average molecular weight is 411 g/mol. The molecule has 0 spiro atoms. The van der Waals surface area contributed by atoms with Gasteiger partial charge in [0, 0.05) is 47.5 Å². The van der Waals surface area contributed by atoms with Crippen molar-refractivity contribution in [1.29, 1.82) is 0 Å². The summed E-state index contributed by atoms with van der Waals surface area (Å²) in [7, 11) is 0. The van der Waals surface area contributed by atoms with Gasteiger partial charge in [-0.1, -0.05) is 24.3 Å². The summed E-state index contributed by atoms with van der Waals surface area (Å²) in [6.45, 7) is 3.07. The molecule has 2 aromatic heterocycles. The van der Waals surface area contributed by atoms with Crippen molar-refractivity contribution < 1.29 is 4.79 Å². The van der Waals surface area contributed by atoms with Crippen LogP contribution < -0.4 is 5.73 Å². The number of H-pyrrole nitrogens is 1. The Hall–Kier alpha value is -3.44. The van der Waals surface area contributed by atoms with Crippen LogP contribution in [0.25, 0.3) is 22.2 Å². The molecule has 0 saturated carbocycles. The smallest absolute Gasteiger partial charge is 0.248 e. The summed E-state index contributed by atoms with van der Waals surface area (Å²) < 4.78 is 0. The SMILES string of the molecule is NC(=O)c1cccc(-c2cccc([C@@H]3CCCN(Cc4ccc5[nH]ccc5c4)C3)n2)c1. The summed E-state index contributed by atoms with van der Waals surface area (Å²) >= 11 is 0. The lowest BCUT2D eigenvalue weighted by atomic mass is 9.93. The number of nitrogens with zero attached hydrogens (tertiary/aromatic N) is 2. The van der Waals surface area contributed by atoms with Crippen LogP contribution in [0.2, 0.25) is 0 Å². The molecule has 1 fully saturated rings. The number of carbonyl (C=O) groups excluding carboxylic acids is 1. The molecular weight excluding hydrogens is 384 g/mol. The van der Waals surface area contributed by atoms with Crippen LogP contribution in [0.5, 0.6) is 0 Å². The summed E-state index contributed by atoms with van der Waals surface area (Å²) in [4.78, 5) is 22.3. The largest absolute Gasteiger partial charge is 0.366 e. The Bertz CT molecular complexity index is 1230. The van der Waals surface area contributed by atoms with Crippen molar-refractivity contribution in [3.63, 3.8) is 0 Å². The van der Waals surface area contributed by atoms with Crippen LogP contribution in [0.1, 0.15) is 40.4 Å². The highest BCUT2D eigenvalue weighted by Gasteiger charge is 2.23. The van der Waals surface area contributed by atoms with Crippen molar-refractivity contribution in [2.75, 3.05) is 13.1 Å². The van der Waals surface area contributed by atoms with Crippen LogP contribution in [-0.4, -0.2) is 33.9 Å². The minimum absolute atomic E-state index is 0.406. The molecule has 1 aliphatic rings. The van der Waals surface area contributed by atoms with Gasteiger partial charge in [0.2, 0.25) is 5.91 Å². The zero-order valence-corrected chi connectivity index (χ0v) is 17.4. The van der Waals surface area contributed by atoms with Crippen molar-refractivity contribution >= 4 is 16.8 Å². The van der Waals surface area contributed by atoms with Gasteiger partial charge in [0.1, 0.15) is 0 Å². The number of nitrogens with two attached hydrogens (primary N) is 1. The lowest BCUT2D eigenvalue weighted by Crippen LogP contribution is -2.34. The quantitative estimate of drug-likeness (QED) is 0.500. The Morgan fingerprint density at radius 3 is 2.90 bits per heavy atom. The van der Waals surface area contributed by atoms with Crippen LogP contribution >= 0.6 is 0 Å². The molecule has 3 heterocycles. The van der Waals surface area contributed by atoms with Crippen molar-refractivity contribution in [2.24, 2.45) is 5.73 Å². The molecule has 3 N–H and O–H groups in total. The van der Waals surface area contributed by atoms with E-state index in [9.17, 15) is 4.79 Å². The fraction of sp³-hybridized carbons (Fsp3) is 0.231. The van der Waals surface area contributed by atoms with E-state index >= 15 is 0 Å². The molecule has 5 heteroatoms. The molecular formula is C26H26N4O. The van der Waals surface area contributed by atoms with E-state index in [2.05, 4.69) is 46.3 Å². The predicted molar refractivity (Wildman–Crippen MR) is 124 cm³/mol. The Morgan fingerprint density at radius 2 is 2.00 bits per heavy atom. The molecule has 5 nitrogen and oxygen atoms in total. The van der Waals surface area contributed by atoms with E-state index in [4.69, 9.17) is 10.7 Å². The number of amides is 1. The number of nitrogens with one attached hydrogen (secondary N) is 1. The fourth-order valence-corrected chi connectivity index (χ4v) is 4.57. The number of rotatable bonds is 5. The Kier molecular flexibility index (Phi) is 5.26. The van der Waals surface area contributed by atoms with Crippen molar-refractivity contribution in [2.45, 2.75) is 25.3 Å². The van der Waals surface area contributed by atoms with E-state index in [0.717, 1.165) is 43.0 Å². The highest BCUT2D eigenvalue weighted by molar-refractivity contribution is 5.94. The first-order chi connectivity index (χ1) is 15.2. The van der Waals surface area contributed by atoms with Gasteiger partial charge in [-0.25, -0.2) is 0 Å². The van der Waals surface area contributed by atoms with E-state index < -0.39 is 5.91 Å². The number of aromatic amines is 1. The number of carbonyl (C=O) groups is 1. The van der Waals surface area contributed by atoms with Gasteiger partial charge in [0.05, 0.1) is 5.69 Å². The summed E-state index contributed by atoms with van der Waals surface area (Å²) in [5, 5.41) is 1.26. The topological polar surface area (TPSA) is 75.0 Å². The molecule has 0 aliphatic carbocycles. The zero-order valence-electron chi connectivity index (χ0n) is 17.4. The summed E-state index contributed by atoms with van der Waals surface area (Å²) in [6.07, 6.45) is 4.30. The molecule has 5 rings (SSSR count). The van der Waals surface area contributed by atoms with E-state index in [1.165, 1.54) is 22.9 Å². The maximum atomic E-state index is 11.5. The number of primary amides is 1. The van der Waals surface area contributed by atoms with Crippen molar-refractivity contribution in [3.05, 3.63) is 89.7 Å². The molecule has 4 aromatic rings. The lowest BCUT2D eigenvalue weighted by molar-refractivity contribution is 0.100. The van der Waals surface area contributed by atoms with Gasteiger partial charge in [0.25, 0.3) is 0 Å². The Balaban J connectivity index is 1.33. The van der Waals surface area contributed by atoms with Gasteiger partial charge < -0.3 is 10.7 Å². The van der Waals surface area contributed by atoms with Crippen molar-refractivity contribution in [3.8, 4) is 11.3 Å². The molecule has 156 valence electrons. The van der Waals surface area contributed by atoms with E-state index in [0.29, 0.717) is 11.5 Å². The van der Waals surface area contributed by atoms with E-state index in [-0.39, 0.29) is 0 Å². The molecule has 0 bridgehead atoms. The highest BCUT2D eigenvalue weighted by atomic mass is 16.1. The second-order valence-electron chi connectivity index (χ2n) is 8.37. The first kappa shape index (κ1) is 19.5. The maximum Gasteiger partial charge on any atom is 0.248 e. The Labute approximate surface area is 181 Å². The number of hydrogen-bond donors (Lipinski definition) is 2. The van der Waals surface area contributed by atoms with Gasteiger partial charge in [0.15, 0.2) is 0 Å². The molecule has 31 heavy (non-hydrogen) atoms. The summed E-state index contributed by atoms with van der Waals surface area (Å²) in [6, 6.07) is 22.4. The Morgan fingerprint density at radius 1 is 1.10 bits per heavy atom. The predicted octanol–water partition coefficient (Wildman–Crippen LogP) is 4.71. The molecule has 1 amide bonds. The number of pyridine rings is 1. The number of piperidine rings is 1. The standard InChI is InChI=1S/C26H26N4O/c27-26(31)21-5-1-4-19(15-21)24-7-2-8-25(29-24)22-6-3-13-30(17-22)16-18-9-10-23-20(14-18)11-12-28-23/h1-2,4-5,7-12,14-15,22,28H,3,6,13,16-17H2,(H2,27,31)/t22-/m1/s1. The lowest BCUT2D eigenvalue weighted by Gasteiger charge is -2.32. The number of aromatic nitrogens is 2. The zero-order chi connectivity index (χ0) is 21.2. The molecule has 2 aromatic carbocycles. The molecule has 1 saturated heterocycles. The van der Waals surface area contributed by atoms with Gasteiger partial charge in [-0.15, -0.1) is 0 Å². The van der Waals surface area contributed by atoms with Crippen LogP contribution in [0.15, 0.2) is 72.9 Å². The third-order valence-electron chi connectivity index (χ3n) is 6.16. The third-order valence-corrected chi connectivity index (χ3v) is 6.16. The minimum atomic E-state index is -0.418.